The van der Waals surface area contributed by atoms with E-state index < -0.39 is 11.9 Å². The van der Waals surface area contributed by atoms with Gasteiger partial charge in [-0.15, -0.1) is 0 Å². The molecule has 8 heteroatoms. The SMILES string of the molecule is COC(=O)CC(c1cc2ccccc2n(C)c1=O)c1c(O)ccc2c(=O)c(-c3ccc(O)cc3)coc12. The number of nitrogens with zero attached hydrogens (tertiary/aromatic N) is 1. The lowest BCUT2D eigenvalue weighted by Crippen LogP contribution is -2.25. The highest BCUT2D eigenvalue weighted by molar-refractivity contribution is 5.88. The minimum atomic E-state index is -0.956. The molecule has 0 fully saturated rings. The van der Waals surface area contributed by atoms with Gasteiger partial charge in [-0.3, -0.25) is 14.4 Å². The van der Waals surface area contributed by atoms with Crippen molar-refractivity contribution in [1.82, 2.24) is 4.57 Å². The van der Waals surface area contributed by atoms with E-state index in [4.69, 9.17) is 9.15 Å². The first kappa shape index (κ1) is 23.9. The van der Waals surface area contributed by atoms with Gasteiger partial charge in [0.1, 0.15) is 23.3 Å². The number of fused-ring (bicyclic) bond motifs is 2. The molecule has 0 aliphatic heterocycles. The summed E-state index contributed by atoms with van der Waals surface area (Å²) >= 11 is 0. The van der Waals surface area contributed by atoms with E-state index in [-0.39, 0.29) is 56.6 Å². The second-order valence-electron chi connectivity index (χ2n) is 8.76. The molecule has 186 valence electrons. The van der Waals surface area contributed by atoms with Gasteiger partial charge in [0.2, 0.25) is 5.43 Å². The summed E-state index contributed by atoms with van der Waals surface area (Å²) in [7, 11) is 2.88. The summed E-state index contributed by atoms with van der Waals surface area (Å²) in [4.78, 5) is 39.4. The standard InChI is InChI=1S/C29H23NO7/c1-30-23-6-4-3-5-17(23)13-21(29(30)35)20(14-25(33)36-2)26-24(32)12-11-19-27(34)22(15-37-28(19)26)16-7-9-18(31)10-8-16/h3-13,15,20,31-32H,14H2,1-2H3. The van der Waals surface area contributed by atoms with Gasteiger partial charge in [-0.25, -0.2) is 0 Å². The van der Waals surface area contributed by atoms with Crippen LogP contribution in [-0.2, 0) is 16.6 Å². The number of ether oxygens (including phenoxy) is 1. The summed E-state index contributed by atoms with van der Waals surface area (Å²) in [6.07, 6.45) is 1.01. The molecule has 8 nitrogen and oxygen atoms in total. The van der Waals surface area contributed by atoms with Crippen molar-refractivity contribution < 1.29 is 24.2 Å². The summed E-state index contributed by atoms with van der Waals surface area (Å²) in [5, 5.41) is 21.5. The number of phenols is 2. The number of benzene rings is 3. The Bertz CT molecular complexity index is 1780. The predicted octanol–water partition coefficient (Wildman–Crippen LogP) is 4.42. The number of rotatable bonds is 5. The minimum Gasteiger partial charge on any atom is -0.508 e. The van der Waals surface area contributed by atoms with Gasteiger partial charge in [0.05, 0.1) is 30.0 Å². The van der Waals surface area contributed by atoms with Gasteiger partial charge < -0.3 is 23.9 Å². The molecule has 3 aromatic carbocycles. The van der Waals surface area contributed by atoms with Crippen molar-refractivity contribution in [2.45, 2.75) is 12.3 Å². The number of hydrogen-bond donors (Lipinski definition) is 2. The number of methoxy groups -OCH3 is 1. The fourth-order valence-electron chi connectivity index (χ4n) is 4.70. The summed E-state index contributed by atoms with van der Waals surface area (Å²) in [6, 6.07) is 17.9. The lowest BCUT2D eigenvalue weighted by molar-refractivity contribution is -0.140. The Labute approximate surface area is 210 Å². The minimum absolute atomic E-state index is 0.0590. The van der Waals surface area contributed by atoms with E-state index in [0.717, 1.165) is 5.39 Å². The van der Waals surface area contributed by atoms with Crippen molar-refractivity contribution in [3.05, 3.63) is 105 Å². The molecule has 5 aromatic rings. The van der Waals surface area contributed by atoms with Crippen LogP contribution in [0.15, 0.2) is 87.0 Å². The van der Waals surface area contributed by atoms with Gasteiger partial charge in [0.15, 0.2) is 0 Å². The van der Waals surface area contributed by atoms with Crippen LogP contribution < -0.4 is 11.0 Å². The summed E-state index contributed by atoms with van der Waals surface area (Å²) in [5.41, 5.74) is 1.25. The highest BCUT2D eigenvalue weighted by atomic mass is 16.5. The van der Waals surface area contributed by atoms with E-state index in [1.54, 1.807) is 25.2 Å². The second kappa shape index (κ2) is 9.31. The number of hydrogen-bond acceptors (Lipinski definition) is 7. The van der Waals surface area contributed by atoms with Crippen LogP contribution in [0, 0.1) is 0 Å². The zero-order chi connectivity index (χ0) is 26.3. The smallest absolute Gasteiger partial charge is 0.306 e. The van der Waals surface area contributed by atoms with Crippen molar-refractivity contribution >= 4 is 27.8 Å². The van der Waals surface area contributed by atoms with Gasteiger partial charge in [0.25, 0.3) is 5.56 Å². The Hall–Kier alpha value is -4.85. The summed E-state index contributed by atoms with van der Waals surface area (Å²) in [5.74, 6) is -1.72. The average molecular weight is 498 g/mol. The highest BCUT2D eigenvalue weighted by Gasteiger charge is 2.29. The van der Waals surface area contributed by atoms with E-state index >= 15 is 0 Å². The fourth-order valence-corrected chi connectivity index (χ4v) is 4.70. The number of pyridine rings is 1. The maximum absolute atomic E-state index is 13.5. The van der Waals surface area contributed by atoms with Crippen molar-refractivity contribution in [3.8, 4) is 22.6 Å². The first-order chi connectivity index (χ1) is 17.8. The Morgan fingerprint density at radius 1 is 1.03 bits per heavy atom. The van der Waals surface area contributed by atoms with E-state index in [0.29, 0.717) is 11.1 Å². The molecule has 1 atom stereocenters. The Morgan fingerprint density at radius 3 is 2.49 bits per heavy atom. The van der Waals surface area contributed by atoms with Crippen LogP contribution in [0.5, 0.6) is 11.5 Å². The first-order valence-corrected chi connectivity index (χ1v) is 11.5. The van der Waals surface area contributed by atoms with Gasteiger partial charge >= 0.3 is 5.97 Å². The van der Waals surface area contributed by atoms with E-state index in [2.05, 4.69) is 0 Å². The number of phenolic OH excluding ortho intramolecular Hbond substituents is 2. The largest absolute Gasteiger partial charge is 0.508 e. The molecule has 37 heavy (non-hydrogen) atoms. The monoisotopic (exact) mass is 497 g/mol. The summed E-state index contributed by atoms with van der Waals surface area (Å²) in [6.45, 7) is 0. The van der Waals surface area contributed by atoms with Crippen LogP contribution in [0.4, 0.5) is 0 Å². The van der Waals surface area contributed by atoms with E-state index in [1.165, 1.54) is 42.2 Å². The zero-order valence-corrected chi connectivity index (χ0v) is 20.1. The normalized spacial score (nSPS) is 12.1. The van der Waals surface area contributed by atoms with Crippen LogP contribution in [0.2, 0.25) is 0 Å². The number of esters is 1. The molecule has 0 saturated heterocycles. The average Bonchev–Trinajstić information content (AvgIpc) is 2.90. The molecule has 0 aliphatic carbocycles. The van der Waals surface area contributed by atoms with Crippen molar-refractivity contribution in [3.63, 3.8) is 0 Å². The van der Waals surface area contributed by atoms with Crippen LogP contribution in [-0.4, -0.2) is 27.9 Å². The van der Waals surface area contributed by atoms with Crippen molar-refractivity contribution in [2.75, 3.05) is 7.11 Å². The first-order valence-electron chi connectivity index (χ1n) is 11.5. The lowest BCUT2D eigenvalue weighted by atomic mass is 9.86. The third-order valence-electron chi connectivity index (χ3n) is 6.62. The molecule has 2 heterocycles. The Balaban J connectivity index is 1.78. The third kappa shape index (κ3) is 4.12. The Kier molecular flexibility index (Phi) is 6.01. The maximum atomic E-state index is 13.5. The maximum Gasteiger partial charge on any atom is 0.306 e. The molecule has 2 N–H and O–H groups in total. The molecular formula is C29H23NO7. The zero-order valence-electron chi connectivity index (χ0n) is 20.1. The van der Waals surface area contributed by atoms with Gasteiger partial charge in [0, 0.05) is 24.1 Å². The van der Waals surface area contributed by atoms with Crippen molar-refractivity contribution in [2.24, 2.45) is 7.05 Å². The number of aromatic nitrogens is 1. The molecule has 2 aromatic heterocycles. The van der Waals surface area contributed by atoms with Gasteiger partial charge in [-0.2, -0.15) is 0 Å². The highest BCUT2D eigenvalue weighted by Crippen LogP contribution is 2.39. The van der Waals surface area contributed by atoms with Crippen molar-refractivity contribution in [1.29, 1.82) is 0 Å². The Morgan fingerprint density at radius 2 is 1.76 bits per heavy atom. The van der Waals surface area contributed by atoms with E-state index in [1.807, 2.05) is 24.3 Å². The molecule has 5 rings (SSSR count). The predicted molar refractivity (Wildman–Crippen MR) is 139 cm³/mol. The molecule has 0 amide bonds. The number of aryl methyl sites for hydroxylation is 1. The molecule has 0 spiro atoms. The topological polar surface area (TPSA) is 119 Å². The number of carbonyl (C=O) groups excluding carboxylic acids is 1. The molecule has 1 unspecified atom stereocenters. The van der Waals surface area contributed by atoms with Gasteiger partial charge in [-0.05, 0) is 47.3 Å². The quantitative estimate of drug-likeness (QED) is 0.345. The van der Waals surface area contributed by atoms with E-state index in [9.17, 15) is 24.6 Å². The van der Waals surface area contributed by atoms with Crippen LogP contribution in [0.25, 0.3) is 33.0 Å². The second-order valence-corrected chi connectivity index (χ2v) is 8.76. The van der Waals surface area contributed by atoms with Gasteiger partial charge in [-0.1, -0.05) is 30.3 Å². The fraction of sp³-hybridized carbons (Fsp3) is 0.138. The molecule has 0 saturated carbocycles. The number of aromatic hydroxyl groups is 2. The number of para-hydroxylation sites is 1. The third-order valence-corrected chi connectivity index (χ3v) is 6.62. The molecule has 0 bridgehead atoms. The lowest BCUT2D eigenvalue weighted by Gasteiger charge is -2.20. The molecule has 0 radical (unpaired) electrons. The van der Waals surface area contributed by atoms with Crippen LogP contribution >= 0.6 is 0 Å². The summed E-state index contributed by atoms with van der Waals surface area (Å²) < 4.78 is 12.3. The van der Waals surface area contributed by atoms with Crippen LogP contribution in [0.1, 0.15) is 23.5 Å². The molecular weight excluding hydrogens is 474 g/mol. The van der Waals surface area contributed by atoms with Crippen LogP contribution in [0.3, 0.4) is 0 Å². The number of carbonyl (C=O) groups is 1. The molecule has 0 aliphatic rings.